The van der Waals surface area contributed by atoms with E-state index in [4.69, 9.17) is 9.47 Å². The Bertz CT molecular complexity index is 242. The van der Waals surface area contributed by atoms with E-state index in [9.17, 15) is 0 Å². The highest BCUT2D eigenvalue weighted by Crippen LogP contribution is 2.14. The number of hydrogen-bond acceptors (Lipinski definition) is 3. The van der Waals surface area contributed by atoms with Gasteiger partial charge in [0.2, 0.25) is 0 Å². The standard InChI is InChI=1S/C9H16N2O2/c1-4-13-9(7-12-3)8-5-6-11(2)10-8/h5-6,9H,4,7H2,1-3H3. The Morgan fingerprint density at radius 2 is 2.38 bits per heavy atom. The van der Waals surface area contributed by atoms with Crippen LogP contribution in [0.3, 0.4) is 0 Å². The molecule has 0 aliphatic carbocycles. The maximum atomic E-state index is 5.48. The van der Waals surface area contributed by atoms with Gasteiger partial charge in [0.1, 0.15) is 6.10 Å². The van der Waals surface area contributed by atoms with Gasteiger partial charge in [-0.3, -0.25) is 4.68 Å². The van der Waals surface area contributed by atoms with Crippen LogP contribution in [0.5, 0.6) is 0 Å². The van der Waals surface area contributed by atoms with Crippen LogP contribution in [0.2, 0.25) is 0 Å². The van der Waals surface area contributed by atoms with Crippen LogP contribution < -0.4 is 0 Å². The monoisotopic (exact) mass is 184 g/mol. The first-order valence-electron chi connectivity index (χ1n) is 4.38. The molecule has 1 rings (SSSR count). The number of rotatable bonds is 5. The van der Waals surface area contributed by atoms with E-state index in [-0.39, 0.29) is 6.10 Å². The Hall–Kier alpha value is -0.870. The van der Waals surface area contributed by atoms with E-state index in [1.807, 2.05) is 26.2 Å². The van der Waals surface area contributed by atoms with Crippen LogP contribution >= 0.6 is 0 Å². The maximum Gasteiger partial charge on any atom is 0.124 e. The highest BCUT2D eigenvalue weighted by molar-refractivity contribution is 5.03. The quantitative estimate of drug-likeness (QED) is 0.688. The predicted molar refractivity (Wildman–Crippen MR) is 49.5 cm³/mol. The molecular weight excluding hydrogens is 168 g/mol. The van der Waals surface area contributed by atoms with E-state index in [1.54, 1.807) is 11.8 Å². The highest BCUT2D eigenvalue weighted by Gasteiger charge is 2.13. The largest absolute Gasteiger partial charge is 0.382 e. The SMILES string of the molecule is CCOC(COC)c1ccn(C)n1. The first kappa shape index (κ1) is 10.2. The molecule has 1 aromatic heterocycles. The van der Waals surface area contributed by atoms with Gasteiger partial charge in [-0.25, -0.2) is 0 Å². The molecule has 0 saturated heterocycles. The lowest BCUT2D eigenvalue weighted by atomic mass is 10.3. The van der Waals surface area contributed by atoms with Gasteiger partial charge in [0.05, 0.1) is 12.3 Å². The van der Waals surface area contributed by atoms with Crippen molar-refractivity contribution in [2.45, 2.75) is 13.0 Å². The normalized spacial score (nSPS) is 13.2. The Morgan fingerprint density at radius 1 is 1.62 bits per heavy atom. The highest BCUT2D eigenvalue weighted by atomic mass is 16.5. The molecule has 0 amide bonds. The molecule has 74 valence electrons. The molecule has 0 fully saturated rings. The van der Waals surface area contributed by atoms with Gasteiger partial charge in [-0.05, 0) is 13.0 Å². The van der Waals surface area contributed by atoms with Crippen molar-refractivity contribution in [1.29, 1.82) is 0 Å². The third-order valence-electron chi connectivity index (χ3n) is 1.75. The second-order valence-corrected chi connectivity index (χ2v) is 2.81. The molecule has 1 aromatic rings. The molecular formula is C9H16N2O2. The molecule has 0 aliphatic rings. The Balaban J connectivity index is 2.63. The van der Waals surface area contributed by atoms with Crippen molar-refractivity contribution in [2.75, 3.05) is 20.3 Å². The second kappa shape index (κ2) is 4.99. The minimum Gasteiger partial charge on any atom is -0.382 e. The summed E-state index contributed by atoms with van der Waals surface area (Å²) < 4.78 is 12.3. The summed E-state index contributed by atoms with van der Waals surface area (Å²) in [6.07, 6.45) is 1.85. The topological polar surface area (TPSA) is 36.3 Å². The van der Waals surface area contributed by atoms with Gasteiger partial charge >= 0.3 is 0 Å². The van der Waals surface area contributed by atoms with Crippen LogP contribution in [-0.2, 0) is 16.5 Å². The molecule has 0 aliphatic heterocycles. The van der Waals surface area contributed by atoms with Gasteiger partial charge in [-0.1, -0.05) is 0 Å². The van der Waals surface area contributed by atoms with Gasteiger partial charge in [0.15, 0.2) is 0 Å². The van der Waals surface area contributed by atoms with Gasteiger partial charge in [0.25, 0.3) is 0 Å². The van der Waals surface area contributed by atoms with Crippen molar-refractivity contribution in [3.05, 3.63) is 18.0 Å². The first-order chi connectivity index (χ1) is 6.27. The smallest absolute Gasteiger partial charge is 0.124 e. The summed E-state index contributed by atoms with van der Waals surface area (Å²) in [6, 6.07) is 1.94. The summed E-state index contributed by atoms with van der Waals surface area (Å²) in [7, 11) is 3.55. The van der Waals surface area contributed by atoms with Crippen LogP contribution in [0.4, 0.5) is 0 Å². The average Bonchev–Trinajstić information content (AvgIpc) is 2.51. The number of aryl methyl sites for hydroxylation is 1. The lowest BCUT2D eigenvalue weighted by Gasteiger charge is -2.13. The van der Waals surface area contributed by atoms with Crippen LogP contribution in [0, 0.1) is 0 Å². The summed E-state index contributed by atoms with van der Waals surface area (Å²) in [5.41, 5.74) is 0.922. The molecule has 0 bridgehead atoms. The number of hydrogen-bond donors (Lipinski definition) is 0. The number of ether oxygens (including phenoxy) is 2. The Morgan fingerprint density at radius 3 is 2.85 bits per heavy atom. The fourth-order valence-electron chi connectivity index (χ4n) is 1.18. The summed E-state index contributed by atoms with van der Waals surface area (Å²) in [4.78, 5) is 0. The zero-order chi connectivity index (χ0) is 9.68. The van der Waals surface area contributed by atoms with Crippen molar-refractivity contribution in [3.8, 4) is 0 Å². The minimum atomic E-state index is -0.0452. The third-order valence-corrected chi connectivity index (χ3v) is 1.75. The van der Waals surface area contributed by atoms with Gasteiger partial charge in [-0.15, -0.1) is 0 Å². The summed E-state index contributed by atoms with van der Waals surface area (Å²) >= 11 is 0. The number of aromatic nitrogens is 2. The summed E-state index contributed by atoms with van der Waals surface area (Å²) in [5.74, 6) is 0. The molecule has 0 saturated carbocycles. The van der Waals surface area contributed by atoms with E-state index in [0.29, 0.717) is 13.2 Å². The number of methoxy groups -OCH3 is 1. The lowest BCUT2D eigenvalue weighted by molar-refractivity contribution is 0.000112. The lowest BCUT2D eigenvalue weighted by Crippen LogP contribution is -2.11. The van der Waals surface area contributed by atoms with Crippen molar-refractivity contribution in [3.63, 3.8) is 0 Å². The van der Waals surface area contributed by atoms with E-state index >= 15 is 0 Å². The van der Waals surface area contributed by atoms with Crippen molar-refractivity contribution < 1.29 is 9.47 Å². The summed E-state index contributed by atoms with van der Waals surface area (Å²) in [6.45, 7) is 3.18. The van der Waals surface area contributed by atoms with Gasteiger partial charge < -0.3 is 9.47 Å². The molecule has 1 heterocycles. The summed E-state index contributed by atoms with van der Waals surface area (Å²) in [5, 5.41) is 4.26. The molecule has 0 radical (unpaired) electrons. The van der Waals surface area contributed by atoms with Gasteiger partial charge in [-0.2, -0.15) is 5.10 Å². The molecule has 1 unspecified atom stereocenters. The average molecular weight is 184 g/mol. The van der Waals surface area contributed by atoms with Crippen molar-refractivity contribution in [2.24, 2.45) is 7.05 Å². The first-order valence-corrected chi connectivity index (χ1v) is 4.38. The van der Waals surface area contributed by atoms with E-state index in [1.165, 1.54) is 0 Å². The molecule has 0 spiro atoms. The van der Waals surface area contributed by atoms with Crippen LogP contribution in [0.25, 0.3) is 0 Å². The predicted octanol–water partition coefficient (Wildman–Crippen LogP) is 1.14. The van der Waals surface area contributed by atoms with Crippen molar-refractivity contribution in [1.82, 2.24) is 9.78 Å². The van der Waals surface area contributed by atoms with Crippen LogP contribution in [0.15, 0.2) is 12.3 Å². The molecule has 0 aromatic carbocycles. The maximum absolute atomic E-state index is 5.48. The zero-order valence-corrected chi connectivity index (χ0v) is 8.36. The molecule has 1 atom stereocenters. The Kier molecular flexibility index (Phi) is 3.92. The second-order valence-electron chi connectivity index (χ2n) is 2.81. The van der Waals surface area contributed by atoms with E-state index in [0.717, 1.165) is 5.69 Å². The molecule has 13 heavy (non-hydrogen) atoms. The molecule has 4 nitrogen and oxygen atoms in total. The van der Waals surface area contributed by atoms with E-state index in [2.05, 4.69) is 5.10 Å². The Labute approximate surface area is 78.5 Å². The van der Waals surface area contributed by atoms with Crippen molar-refractivity contribution >= 4 is 0 Å². The van der Waals surface area contributed by atoms with Crippen LogP contribution in [-0.4, -0.2) is 30.1 Å². The fourth-order valence-corrected chi connectivity index (χ4v) is 1.18. The fraction of sp³-hybridized carbons (Fsp3) is 0.667. The van der Waals surface area contributed by atoms with E-state index < -0.39 is 0 Å². The van der Waals surface area contributed by atoms with Crippen LogP contribution in [0.1, 0.15) is 18.7 Å². The molecule has 0 N–H and O–H groups in total. The van der Waals surface area contributed by atoms with Gasteiger partial charge in [0, 0.05) is 27.0 Å². The minimum absolute atomic E-state index is 0.0452. The zero-order valence-electron chi connectivity index (χ0n) is 8.36. The molecule has 4 heteroatoms. The number of nitrogens with zero attached hydrogens (tertiary/aromatic N) is 2. The third kappa shape index (κ3) is 2.82.